The Morgan fingerprint density at radius 1 is 1.08 bits per heavy atom. The molecule has 0 saturated carbocycles. The second kappa shape index (κ2) is 7.09. The van der Waals surface area contributed by atoms with Crippen molar-refractivity contribution in [2.24, 2.45) is 16.5 Å². The largest absolute Gasteiger partial charge is 0.457 e. The van der Waals surface area contributed by atoms with Gasteiger partial charge in [0.2, 0.25) is 0 Å². The van der Waals surface area contributed by atoms with Gasteiger partial charge in [0.1, 0.15) is 18.4 Å². The van der Waals surface area contributed by atoms with E-state index in [-0.39, 0.29) is 13.2 Å². The average molecular weight is 386 g/mol. The number of fused-ring (bicyclic) bond motifs is 1. The van der Waals surface area contributed by atoms with Gasteiger partial charge in [-0.15, -0.1) is 0 Å². The number of hydrogen-bond acceptors (Lipinski definition) is 8. The number of nitrogens with two attached hydrogens (primary N) is 3. The van der Waals surface area contributed by atoms with Crippen molar-refractivity contribution >= 4 is 26.9 Å². The van der Waals surface area contributed by atoms with Crippen LogP contribution in [0, 0.1) is 0 Å². The zero-order chi connectivity index (χ0) is 18.1. The fraction of sp³-hybridized carbons (Fsp3) is 0.800. The topological polar surface area (TPSA) is 195 Å². The van der Waals surface area contributed by atoms with E-state index in [0.29, 0.717) is 0 Å². The molecule has 2 fully saturated rings. The van der Waals surface area contributed by atoms with Crippen molar-refractivity contribution in [1.29, 1.82) is 0 Å². The van der Waals surface area contributed by atoms with E-state index in [1.54, 1.807) is 5.09 Å². The van der Waals surface area contributed by atoms with E-state index in [1.807, 2.05) is 0 Å². The average Bonchev–Trinajstić information content (AvgIpc) is 2.89. The molecule has 2 rings (SSSR count). The molecule has 0 aromatic carbocycles. The summed E-state index contributed by atoms with van der Waals surface area (Å²) in [7, 11) is -6.81. The monoisotopic (exact) mass is 386 g/mol. The number of carbonyl (C=O) groups excluding carboxylic acids is 2. The van der Waals surface area contributed by atoms with Gasteiger partial charge in [-0.3, -0.25) is 25.9 Å². The Morgan fingerprint density at radius 3 is 2.04 bits per heavy atom. The molecule has 2 saturated heterocycles. The SMILES string of the molecule is CP(N)(=O)CC(=O)OC1CO[C@H]2[C@@H]1OC[C@H]2OC(=O)NP(N)(N)=O. The molecule has 2 heterocycles. The summed E-state index contributed by atoms with van der Waals surface area (Å²) in [4.78, 5) is 23.2. The Hall–Kier alpha value is -1.00. The summed E-state index contributed by atoms with van der Waals surface area (Å²) >= 11 is 0. The van der Waals surface area contributed by atoms with Crippen LogP contribution in [0.4, 0.5) is 4.79 Å². The maximum atomic E-state index is 11.7. The molecule has 2 aliphatic heterocycles. The van der Waals surface area contributed by atoms with Crippen molar-refractivity contribution in [2.45, 2.75) is 24.4 Å². The van der Waals surface area contributed by atoms with Gasteiger partial charge >= 0.3 is 19.7 Å². The van der Waals surface area contributed by atoms with E-state index in [9.17, 15) is 18.7 Å². The lowest BCUT2D eigenvalue weighted by molar-refractivity contribution is -0.150. The van der Waals surface area contributed by atoms with Gasteiger partial charge in [0, 0.05) is 6.66 Å². The number of esters is 1. The van der Waals surface area contributed by atoms with Gasteiger partial charge in [0.15, 0.2) is 19.5 Å². The number of amides is 1. The van der Waals surface area contributed by atoms with Crippen LogP contribution in [-0.4, -0.2) is 62.5 Å². The molecule has 0 aromatic heterocycles. The normalized spacial score (nSPS) is 31.8. The van der Waals surface area contributed by atoms with E-state index in [4.69, 9.17) is 35.5 Å². The first-order valence-electron chi connectivity index (χ1n) is 6.88. The van der Waals surface area contributed by atoms with Crippen LogP contribution in [0.2, 0.25) is 0 Å². The Kier molecular flexibility index (Phi) is 5.71. The zero-order valence-electron chi connectivity index (χ0n) is 12.8. The smallest absolute Gasteiger partial charge is 0.414 e. The van der Waals surface area contributed by atoms with Crippen molar-refractivity contribution < 1.29 is 37.7 Å². The van der Waals surface area contributed by atoms with E-state index < -0.39 is 57.5 Å². The Labute approximate surface area is 137 Å². The maximum Gasteiger partial charge on any atom is 0.414 e. The molecule has 2 aliphatic rings. The van der Waals surface area contributed by atoms with Crippen LogP contribution in [-0.2, 0) is 32.9 Å². The minimum atomic E-state index is -3.77. The Morgan fingerprint density at radius 2 is 1.58 bits per heavy atom. The minimum Gasteiger partial charge on any atom is -0.457 e. The van der Waals surface area contributed by atoms with Crippen molar-refractivity contribution in [1.82, 2.24) is 5.09 Å². The predicted octanol–water partition coefficient (Wildman–Crippen LogP) is -1.32. The van der Waals surface area contributed by atoms with E-state index >= 15 is 0 Å². The summed E-state index contributed by atoms with van der Waals surface area (Å²) in [6, 6.07) is 0. The molecule has 24 heavy (non-hydrogen) atoms. The molecule has 1 amide bonds. The third-order valence-corrected chi connectivity index (χ3v) is 4.63. The summed E-state index contributed by atoms with van der Waals surface area (Å²) in [5, 5.41) is 1.80. The fourth-order valence-electron chi connectivity index (χ4n) is 2.40. The van der Waals surface area contributed by atoms with Gasteiger partial charge in [-0.25, -0.2) is 9.88 Å². The second-order valence-corrected chi connectivity index (χ2v) is 10.0. The molecular weight excluding hydrogens is 366 g/mol. The molecular formula is C10H20N4O8P2. The van der Waals surface area contributed by atoms with E-state index in [2.05, 4.69) is 0 Å². The van der Waals surface area contributed by atoms with Crippen molar-refractivity contribution in [2.75, 3.05) is 26.0 Å². The number of rotatable bonds is 5. The van der Waals surface area contributed by atoms with Crippen LogP contribution in [0.1, 0.15) is 0 Å². The van der Waals surface area contributed by atoms with Gasteiger partial charge in [-0.2, -0.15) is 0 Å². The van der Waals surface area contributed by atoms with Crippen LogP contribution in [0.5, 0.6) is 0 Å². The summed E-state index contributed by atoms with van der Waals surface area (Å²) in [5.74, 6) is -0.726. The van der Waals surface area contributed by atoms with Crippen LogP contribution in [0.3, 0.4) is 0 Å². The van der Waals surface area contributed by atoms with Crippen molar-refractivity contribution in [3.8, 4) is 0 Å². The highest BCUT2D eigenvalue weighted by Gasteiger charge is 2.51. The highest BCUT2D eigenvalue weighted by molar-refractivity contribution is 7.61. The Bertz CT molecular complexity index is 552. The van der Waals surface area contributed by atoms with Gasteiger partial charge in [0.05, 0.1) is 13.2 Å². The van der Waals surface area contributed by atoms with Crippen molar-refractivity contribution in [3.63, 3.8) is 0 Å². The molecule has 2 unspecified atom stereocenters. The van der Waals surface area contributed by atoms with Gasteiger partial charge < -0.3 is 23.5 Å². The van der Waals surface area contributed by atoms with Crippen LogP contribution < -0.4 is 21.6 Å². The zero-order valence-corrected chi connectivity index (χ0v) is 14.6. The summed E-state index contributed by atoms with van der Waals surface area (Å²) in [6.45, 7) is 1.27. The first kappa shape index (κ1) is 19.3. The molecule has 0 aromatic rings. The van der Waals surface area contributed by atoms with Gasteiger partial charge in [-0.1, -0.05) is 0 Å². The molecule has 0 aliphatic carbocycles. The highest BCUT2D eigenvalue weighted by Crippen LogP contribution is 2.33. The Balaban J connectivity index is 1.87. The number of hydrogen-bond donors (Lipinski definition) is 4. The summed E-state index contributed by atoms with van der Waals surface area (Å²) in [5.41, 5.74) is 15.4. The molecule has 0 spiro atoms. The molecule has 7 N–H and O–H groups in total. The molecule has 14 heteroatoms. The number of nitrogens with one attached hydrogen (secondary N) is 1. The van der Waals surface area contributed by atoms with E-state index in [0.717, 1.165) is 0 Å². The molecule has 138 valence electrons. The molecule has 12 nitrogen and oxygen atoms in total. The van der Waals surface area contributed by atoms with Crippen LogP contribution in [0.25, 0.3) is 0 Å². The lowest BCUT2D eigenvalue weighted by atomic mass is 10.1. The third-order valence-electron chi connectivity index (χ3n) is 3.21. The van der Waals surface area contributed by atoms with Crippen LogP contribution >= 0.6 is 14.9 Å². The first-order chi connectivity index (χ1) is 10.9. The third kappa shape index (κ3) is 5.52. The molecule has 0 bridgehead atoms. The van der Waals surface area contributed by atoms with Crippen LogP contribution in [0.15, 0.2) is 0 Å². The molecule has 0 radical (unpaired) electrons. The number of carbonyl (C=O) groups is 2. The summed E-state index contributed by atoms with van der Waals surface area (Å²) < 4.78 is 43.5. The standard InChI is InChI=1S/C10H20N4O8P2/c1-23(11,17)4-7(15)21-5-2-19-9-6(3-20-8(5)9)22-10(16)14-24(12,13)18/h5-6,8-9H,2-4H2,1H3,(H2,11,17)(H5,12,13,14,16,18)/t5?,6-,8-,9-,23?/m1/s1. The van der Waals surface area contributed by atoms with Gasteiger partial charge in [-0.05, 0) is 0 Å². The minimum absolute atomic E-state index is 0.0145. The molecule has 5 atom stereocenters. The summed E-state index contributed by atoms with van der Waals surface area (Å²) in [6.07, 6.45) is -4.33. The second-order valence-electron chi connectivity index (χ2n) is 5.72. The van der Waals surface area contributed by atoms with Gasteiger partial charge in [0.25, 0.3) is 0 Å². The lowest BCUT2D eigenvalue weighted by Gasteiger charge is -2.18. The van der Waals surface area contributed by atoms with Crippen molar-refractivity contribution in [3.05, 3.63) is 0 Å². The quantitative estimate of drug-likeness (QED) is 0.323. The maximum absolute atomic E-state index is 11.7. The predicted molar refractivity (Wildman–Crippen MR) is 81.3 cm³/mol. The van der Waals surface area contributed by atoms with E-state index in [1.165, 1.54) is 6.66 Å². The first-order valence-corrected chi connectivity index (χ1v) is 11.1. The fourth-order valence-corrected chi connectivity index (χ4v) is 3.33. The number of ether oxygens (including phenoxy) is 4. The lowest BCUT2D eigenvalue weighted by Crippen LogP contribution is -2.38. The highest BCUT2D eigenvalue weighted by atomic mass is 31.2.